The lowest BCUT2D eigenvalue weighted by Gasteiger charge is -2.21. The molecule has 1 atom stereocenters. The summed E-state index contributed by atoms with van der Waals surface area (Å²) in [6, 6.07) is 2.08. The molecular weight excluding hydrogens is 405 g/mol. The molecule has 1 amide bonds. The third kappa shape index (κ3) is 4.43. The number of rotatable bonds is 4. The van der Waals surface area contributed by atoms with Crippen molar-refractivity contribution in [3.8, 4) is 5.75 Å². The number of hydrogen-bond acceptors (Lipinski definition) is 3. The number of alkyl halides is 3. The molecule has 0 spiro atoms. The first-order valence-corrected chi connectivity index (χ1v) is 7.44. The second kappa shape index (κ2) is 6.86. The van der Waals surface area contributed by atoms with E-state index in [4.69, 9.17) is 17.1 Å². The maximum Gasteiger partial charge on any atom is 0.573 e. The van der Waals surface area contributed by atoms with Crippen molar-refractivity contribution >= 4 is 39.1 Å². The summed E-state index contributed by atoms with van der Waals surface area (Å²) in [5.41, 5.74) is 8.57. The number of halogens is 5. The molecule has 1 aliphatic heterocycles. The summed E-state index contributed by atoms with van der Waals surface area (Å²) in [5, 5.41) is 3.37. The van der Waals surface area contributed by atoms with Crippen molar-refractivity contribution in [2.24, 2.45) is 11.0 Å². The monoisotopic (exact) mass is 412 g/mol. The molecule has 0 bridgehead atoms. The molecule has 6 nitrogen and oxygen atoms in total. The molecule has 23 heavy (non-hydrogen) atoms. The van der Waals surface area contributed by atoms with E-state index in [0.29, 0.717) is 0 Å². The van der Waals surface area contributed by atoms with Gasteiger partial charge >= 0.3 is 6.36 Å². The van der Waals surface area contributed by atoms with Gasteiger partial charge in [0.1, 0.15) is 5.75 Å². The quantitative estimate of drug-likeness (QED) is 0.409. The van der Waals surface area contributed by atoms with Crippen LogP contribution in [0, 0.1) is 5.92 Å². The third-order valence-corrected chi connectivity index (χ3v) is 3.99. The van der Waals surface area contributed by atoms with Gasteiger partial charge in [0.15, 0.2) is 0 Å². The van der Waals surface area contributed by atoms with Crippen molar-refractivity contribution < 1.29 is 22.7 Å². The van der Waals surface area contributed by atoms with Crippen LogP contribution >= 0.6 is 27.5 Å². The standard InChI is InChI=1S/C12H9BrClF3N4O2/c13-8-2-7(23-12(15,16)17)3-9(14)11(8)21-5-6(1-10(21)22)4-19-20-18/h2-3,6H,1,4-5H2. The number of carbonyl (C=O) groups excluding carboxylic acids is 1. The maximum absolute atomic E-state index is 12.3. The van der Waals surface area contributed by atoms with E-state index >= 15 is 0 Å². The van der Waals surface area contributed by atoms with Crippen LogP contribution in [0.2, 0.25) is 5.02 Å². The Hall–Kier alpha value is -1.64. The molecule has 0 radical (unpaired) electrons. The van der Waals surface area contributed by atoms with Crippen molar-refractivity contribution in [2.75, 3.05) is 18.0 Å². The average molecular weight is 414 g/mol. The van der Waals surface area contributed by atoms with Crippen LogP contribution < -0.4 is 9.64 Å². The molecule has 0 aromatic heterocycles. The second-order valence-corrected chi connectivity index (χ2v) is 6.03. The van der Waals surface area contributed by atoms with Crippen LogP contribution in [0.1, 0.15) is 6.42 Å². The van der Waals surface area contributed by atoms with Gasteiger partial charge in [-0.15, -0.1) is 13.2 Å². The number of benzene rings is 1. The van der Waals surface area contributed by atoms with Crippen LogP contribution in [0.15, 0.2) is 21.7 Å². The highest BCUT2D eigenvalue weighted by Crippen LogP contribution is 2.41. The van der Waals surface area contributed by atoms with Crippen molar-refractivity contribution in [3.63, 3.8) is 0 Å². The molecule has 1 aromatic carbocycles. The molecule has 1 heterocycles. The zero-order valence-corrected chi connectivity index (χ0v) is 13.7. The minimum absolute atomic E-state index is 0.0589. The Bertz CT molecular complexity index is 656. The number of ether oxygens (including phenoxy) is 1. The predicted molar refractivity (Wildman–Crippen MR) is 80.3 cm³/mol. The normalized spacial score (nSPS) is 18.0. The molecule has 0 aliphatic carbocycles. The van der Waals surface area contributed by atoms with E-state index < -0.39 is 12.1 Å². The number of anilines is 1. The van der Waals surface area contributed by atoms with Crippen LogP contribution in [-0.4, -0.2) is 25.4 Å². The summed E-state index contributed by atoms with van der Waals surface area (Å²) in [6.07, 6.45) is -4.67. The van der Waals surface area contributed by atoms with Crippen molar-refractivity contribution in [1.29, 1.82) is 0 Å². The highest BCUT2D eigenvalue weighted by molar-refractivity contribution is 9.10. The van der Waals surface area contributed by atoms with Gasteiger partial charge in [0.05, 0.1) is 10.7 Å². The molecule has 1 aromatic rings. The van der Waals surface area contributed by atoms with Crippen LogP contribution in [-0.2, 0) is 4.79 Å². The summed E-state index contributed by atoms with van der Waals surface area (Å²) in [7, 11) is 0. The van der Waals surface area contributed by atoms with Gasteiger partial charge < -0.3 is 9.64 Å². The predicted octanol–water partition coefficient (Wildman–Crippen LogP) is 4.66. The van der Waals surface area contributed by atoms with E-state index in [0.717, 1.165) is 12.1 Å². The first-order chi connectivity index (χ1) is 10.7. The molecule has 1 unspecified atom stereocenters. The van der Waals surface area contributed by atoms with E-state index in [1.807, 2.05) is 0 Å². The maximum atomic E-state index is 12.3. The van der Waals surface area contributed by atoms with Gasteiger partial charge in [-0.1, -0.05) is 16.7 Å². The van der Waals surface area contributed by atoms with Gasteiger partial charge in [-0.2, -0.15) is 0 Å². The largest absolute Gasteiger partial charge is 0.573 e. The van der Waals surface area contributed by atoms with Crippen LogP contribution in [0.5, 0.6) is 5.75 Å². The van der Waals surface area contributed by atoms with Crippen molar-refractivity contribution in [3.05, 3.63) is 32.1 Å². The van der Waals surface area contributed by atoms with Gasteiger partial charge in [0.2, 0.25) is 5.91 Å². The highest BCUT2D eigenvalue weighted by atomic mass is 79.9. The summed E-state index contributed by atoms with van der Waals surface area (Å²) in [6.45, 7) is 0.416. The minimum atomic E-state index is -4.84. The molecule has 0 saturated carbocycles. The van der Waals surface area contributed by atoms with Crippen LogP contribution in [0.3, 0.4) is 0 Å². The molecule has 1 saturated heterocycles. The first kappa shape index (κ1) is 17.7. The fraction of sp³-hybridized carbons (Fsp3) is 0.417. The lowest BCUT2D eigenvalue weighted by Crippen LogP contribution is -2.25. The molecule has 0 N–H and O–H groups in total. The Morgan fingerprint density at radius 2 is 2.22 bits per heavy atom. The van der Waals surface area contributed by atoms with Gasteiger partial charge in [0.25, 0.3) is 0 Å². The Labute approximate surface area is 141 Å². The number of nitrogens with zero attached hydrogens (tertiary/aromatic N) is 4. The molecule has 1 fully saturated rings. The minimum Gasteiger partial charge on any atom is -0.406 e. The van der Waals surface area contributed by atoms with Gasteiger partial charge in [-0.05, 0) is 33.4 Å². The fourth-order valence-electron chi connectivity index (χ4n) is 2.26. The Morgan fingerprint density at radius 1 is 1.52 bits per heavy atom. The Kier molecular flexibility index (Phi) is 5.28. The topological polar surface area (TPSA) is 78.3 Å². The number of carbonyl (C=O) groups is 1. The van der Waals surface area contributed by atoms with Crippen molar-refractivity contribution in [2.45, 2.75) is 12.8 Å². The van der Waals surface area contributed by atoms with Gasteiger partial charge in [-0.3, -0.25) is 4.79 Å². The summed E-state index contributed by atoms with van der Waals surface area (Å²) >= 11 is 9.12. The van der Waals surface area contributed by atoms with E-state index in [1.54, 1.807) is 0 Å². The number of hydrogen-bond donors (Lipinski definition) is 0. The molecule has 2 rings (SSSR count). The van der Waals surface area contributed by atoms with E-state index in [9.17, 15) is 18.0 Å². The second-order valence-electron chi connectivity index (χ2n) is 4.77. The third-order valence-electron chi connectivity index (χ3n) is 3.10. The molecule has 124 valence electrons. The average Bonchev–Trinajstić information content (AvgIpc) is 2.75. The lowest BCUT2D eigenvalue weighted by atomic mass is 10.1. The first-order valence-electron chi connectivity index (χ1n) is 6.27. The zero-order chi connectivity index (χ0) is 17.2. The highest BCUT2D eigenvalue weighted by Gasteiger charge is 2.34. The van der Waals surface area contributed by atoms with Gasteiger partial charge in [-0.25, -0.2) is 0 Å². The summed E-state index contributed by atoms with van der Waals surface area (Å²) in [4.78, 5) is 16.1. The number of amides is 1. The van der Waals surface area contributed by atoms with E-state index in [1.165, 1.54) is 4.90 Å². The Balaban J connectivity index is 2.26. The van der Waals surface area contributed by atoms with Crippen LogP contribution in [0.25, 0.3) is 10.4 Å². The van der Waals surface area contributed by atoms with Crippen LogP contribution in [0.4, 0.5) is 18.9 Å². The molecular formula is C12H9BrClF3N4O2. The molecule has 1 aliphatic rings. The van der Waals surface area contributed by atoms with Crippen molar-refractivity contribution in [1.82, 2.24) is 0 Å². The summed E-state index contributed by atoms with van der Waals surface area (Å²) < 4.78 is 40.8. The number of azide groups is 1. The smallest absolute Gasteiger partial charge is 0.406 e. The fourth-order valence-corrected chi connectivity index (χ4v) is 3.34. The molecule has 11 heteroatoms. The SMILES string of the molecule is [N-]=[N+]=NCC1CC(=O)N(c2c(Cl)cc(OC(F)(F)F)cc2Br)C1. The summed E-state index contributed by atoms with van der Waals surface area (Å²) in [5.74, 6) is -0.918. The Morgan fingerprint density at radius 3 is 2.78 bits per heavy atom. The zero-order valence-electron chi connectivity index (χ0n) is 11.3. The van der Waals surface area contributed by atoms with Gasteiger partial charge in [0, 0.05) is 35.0 Å². The lowest BCUT2D eigenvalue weighted by molar-refractivity contribution is -0.274. The van der Waals surface area contributed by atoms with E-state index in [-0.39, 0.29) is 46.5 Å². The van der Waals surface area contributed by atoms with E-state index in [2.05, 4.69) is 30.7 Å².